The molecule has 124 valence electrons. The molecule has 0 aliphatic heterocycles. The van der Waals surface area contributed by atoms with Gasteiger partial charge in [-0.15, -0.1) is 0 Å². The van der Waals surface area contributed by atoms with Gasteiger partial charge in [-0.25, -0.2) is 0 Å². The van der Waals surface area contributed by atoms with E-state index in [9.17, 15) is 18.0 Å². The van der Waals surface area contributed by atoms with Crippen LogP contribution in [0.25, 0.3) is 16.5 Å². The highest BCUT2D eigenvalue weighted by Gasteiger charge is 2.47. The fourth-order valence-corrected chi connectivity index (χ4v) is 3.32. The van der Waals surface area contributed by atoms with Crippen LogP contribution < -0.4 is 0 Å². The van der Waals surface area contributed by atoms with Gasteiger partial charge in [0.1, 0.15) is 5.57 Å². The number of rotatable bonds is 1. The van der Waals surface area contributed by atoms with Crippen LogP contribution >= 0.6 is 11.6 Å². The molecule has 0 bridgehead atoms. The summed E-state index contributed by atoms with van der Waals surface area (Å²) < 4.78 is 41.0. The molecule has 0 fully saturated rings. The summed E-state index contributed by atoms with van der Waals surface area (Å²) in [5.41, 5.74) is -0.301. The molecule has 1 aliphatic rings. The van der Waals surface area contributed by atoms with Crippen LogP contribution in [-0.4, -0.2) is 16.9 Å². The summed E-state index contributed by atoms with van der Waals surface area (Å²) in [5.74, 6) is -1.06. The number of carbonyl (C=O) groups is 1. The molecule has 0 spiro atoms. The lowest BCUT2D eigenvalue weighted by Gasteiger charge is -2.12. The number of halogens is 4. The Labute approximate surface area is 145 Å². The van der Waals surface area contributed by atoms with E-state index in [2.05, 4.69) is 4.98 Å². The quantitative estimate of drug-likeness (QED) is 0.578. The van der Waals surface area contributed by atoms with Crippen molar-refractivity contribution < 1.29 is 18.0 Å². The molecule has 1 heterocycles. The average Bonchev–Trinajstić information content (AvgIpc) is 2.89. The van der Waals surface area contributed by atoms with E-state index in [1.165, 1.54) is 12.3 Å². The largest absolute Gasteiger partial charge is 0.420 e. The number of hydrogen-bond acceptors (Lipinski definition) is 2. The second-order valence-corrected chi connectivity index (χ2v) is 6.09. The Balaban J connectivity index is 2.17. The summed E-state index contributed by atoms with van der Waals surface area (Å²) in [5, 5.41) is 0.791. The molecule has 0 radical (unpaired) electrons. The van der Waals surface area contributed by atoms with E-state index < -0.39 is 17.5 Å². The lowest BCUT2D eigenvalue weighted by atomic mass is 9.94. The van der Waals surface area contributed by atoms with Gasteiger partial charge in [-0.2, -0.15) is 13.2 Å². The van der Waals surface area contributed by atoms with Gasteiger partial charge in [0.2, 0.25) is 5.78 Å². The van der Waals surface area contributed by atoms with E-state index in [4.69, 9.17) is 11.6 Å². The summed E-state index contributed by atoms with van der Waals surface area (Å²) in [4.78, 5) is 16.6. The zero-order chi connectivity index (χ0) is 17.8. The topological polar surface area (TPSA) is 30.0 Å². The predicted octanol–water partition coefficient (Wildman–Crippen LogP) is 5.45. The number of fused-ring (bicyclic) bond motifs is 3. The van der Waals surface area contributed by atoms with Gasteiger partial charge < -0.3 is 0 Å². The number of benzene rings is 2. The van der Waals surface area contributed by atoms with E-state index in [0.29, 0.717) is 21.5 Å². The maximum absolute atomic E-state index is 13.7. The van der Waals surface area contributed by atoms with Crippen molar-refractivity contribution in [3.8, 4) is 0 Å². The van der Waals surface area contributed by atoms with E-state index in [1.54, 1.807) is 42.5 Å². The molecule has 0 saturated carbocycles. The normalized spacial score (nSPS) is 14.3. The lowest BCUT2D eigenvalue weighted by Crippen LogP contribution is -2.18. The minimum absolute atomic E-state index is 0.0547. The molecule has 1 aromatic heterocycles. The fourth-order valence-electron chi connectivity index (χ4n) is 3.14. The third kappa shape index (κ3) is 2.43. The van der Waals surface area contributed by atoms with Gasteiger partial charge in [0, 0.05) is 33.3 Å². The van der Waals surface area contributed by atoms with Crippen molar-refractivity contribution in [3.63, 3.8) is 0 Å². The number of alkyl halides is 3. The van der Waals surface area contributed by atoms with Crippen LogP contribution in [0.5, 0.6) is 0 Å². The number of ketones is 1. The second kappa shape index (κ2) is 5.43. The fraction of sp³-hybridized carbons (Fsp3) is 0.0526. The minimum Gasteiger partial charge on any atom is -0.289 e. The van der Waals surface area contributed by atoms with Gasteiger partial charge in [-0.05, 0) is 23.8 Å². The monoisotopic (exact) mass is 359 g/mol. The summed E-state index contributed by atoms with van der Waals surface area (Å²) in [6.07, 6.45) is -3.57. The first kappa shape index (κ1) is 15.8. The van der Waals surface area contributed by atoms with Gasteiger partial charge in [0.25, 0.3) is 0 Å². The molecule has 0 saturated heterocycles. The van der Waals surface area contributed by atoms with Gasteiger partial charge in [-0.1, -0.05) is 41.9 Å². The zero-order valence-corrected chi connectivity index (χ0v) is 13.3. The molecule has 4 rings (SSSR count). The molecule has 2 nitrogen and oxygen atoms in total. The summed E-state index contributed by atoms with van der Waals surface area (Å²) in [7, 11) is 0. The van der Waals surface area contributed by atoms with Crippen molar-refractivity contribution in [2.45, 2.75) is 6.18 Å². The van der Waals surface area contributed by atoms with Gasteiger partial charge in [0.15, 0.2) is 0 Å². The molecule has 0 unspecified atom stereocenters. The first-order valence-electron chi connectivity index (χ1n) is 7.38. The van der Waals surface area contributed by atoms with Crippen LogP contribution in [0.15, 0.2) is 60.3 Å². The standard InChI is InChI=1S/C19H9ClF3NO/c20-11-6-7-14-12(8-11)16-13(9-24-14)18(25)17(19(21,22)23)15(16)10-4-2-1-3-5-10/h1-9H. The highest BCUT2D eigenvalue weighted by molar-refractivity contribution is 6.32. The molecule has 25 heavy (non-hydrogen) atoms. The highest BCUT2D eigenvalue weighted by Crippen LogP contribution is 2.46. The maximum atomic E-state index is 13.7. The van der Waals surface area contributed by atoms with Crippen LogP contribution in [0.2, 0.25) is 5.02 Å². The van der Waals surface area contributed by atoms with Crippen LogP contribution in [0.4, 0.5) is 13.2 Å². The molecule has 2 aromatic carbocycles. The molecule has 1 aliphatic carbocycles. The molecule has 6 heteroatoms. The third-order valence-electron chi connectivity index (χ3n) is 4.15. The minimum atomic E-state index is -4.77. The summed E-state index contributed by atoms with van der Waals surface area (Å²) >= 11 is 6.03. The number of carbonyl (C=O) groups excluding carboxylic acids is 1. The number of pyridine rings is 1. The van der Waals surface area contributed by atoms with Gasteiger partial charge in [0.05, 0.1) is 5.52 Å². The first-order valence-corrected chi connectivity index (χ1v) is 7.76. The Kier molecular flexibility index (Phi) is 3.44. The third-order valence-corrected chi connectivity index (χ3v) is 4.38. The number of aromatic nitrogens is 1. The number of nitrogens with zero attached hydrogens (tertiary/aromatic N) is 1. The van der Waals surface area contributed by atoms with Crippen LogP contribution in [-0.2, 0) is 0 Å². The summed E-state index contributed by atoms with van der Waals surface area (Å²) in [6.45, 7) is 0. The smallest absolute Gasteiger partial charge is 0.289 e. The molecular formula is C19H9ClF3NO. The molecule has 0 amide bonds. The van der Waals surface area contributed by atoms with Crippen LogP contribution in [0, 0.1) is 0 Å². The predicted molar refractivity (Wildman–Crippen MR) is 89.6 cm³/mol. The Morgan fingerprint density at radius 1 is 1.00 bits per heavy atom. The lowest BCUT2D eigenvalue weighted by molar-refractivity contribution is -0.0878. The first-order chi connectivity index (χ1) is 11.9. The molecule has 0 atom stereocenters. The van der Waals surface area contributed by atoms with E-state index >= 15 is 0 Å². The van der Waals surface area contributed by atoms with Gasteiger partial charge >= 0.3 is 6.18 Å². The Hall–Kier alpha value is -2.66. The van der Waals surface area contributed by atoms with Crippen molar-refractivity contribution in [1.29, 1.82) is 0 Å². The average molecular weight is 360 g/mol. The number of hydrogen-bond donors (Lipinski definition) is 0. The van der Waals surface area contributed by atoms with E-state index in [-0.39, 0.29) is 16.7 Å². The molecular weight excluding hydrogens is 351 g/mol. The van der Waals surface area contributed by atoms with Crippen molar-refractivity contribution in [2.24, 2.45) is 0 Å². The van der Waals surface area contributed by atoms with Crippen molar-refractivity contribution in [2.75, 3.05) is 0 Å². The van der Waals surface area contributed by atoms with Gasteiger partial charge in [-0.3, -0.25) is 9.78 Å². The Bertz CT molecular complexity index is 1060. The maximum Gasteiger partial charge on any atom is 0.420 e. The number of allylic oxidation sites excluding steroid dienone is 1. The molecule has 0 N–H and O–H groups in total. The Morgan fingerprint density at radius 2 is 1.72 bits per heavy atom. The van der Waals surface area contributed by atoms with E-state index in [1.807, 2.05) is 0 Å². The molecule has 3 aromatic rings. The van der Waals surface area contributed by atoms with Crippen LogP contribution in [0.1, 0.15) is 21.5 Å². The SMILES string of the molecule is O=C1C(C(F)(F)F)=C(c2ccccc2)c2c1cnc1ccc(Cl)cc21. The summed E-state index contributed by atoms with van der Waals surface area (Å²) in [6, 6.07) is 12.9. The van der Waals surface area contributed by atoms with Crippen molar-refractivity contribution >= 4 is 33.9 Å². The number of Topliss-reactive ketones (excluding diaryl/α,β-unsaturated/α-hetero) is 1. The zero-order valence-electron chi connectivity index (χ0n) is 12.6. The second-order valence-electron chi connectivity index (χ2n) is 5.65. The van der Waals surface area contributed by atoms with Crippen molar-refractivity contribution in [3.05, 3.63) is 82.0 Å². The highest BCUT2D eigenvalue weighted by atomic mass is 35.5. The van der Waals surface area contributed by atoms with Crippen LogP contribution in [0.3, 0.4) is 0 Å². The van der Waals surface area contributed by atoms with Crippen molar-refractivity contribution in [1.82, 2.24) is 4.98 Å². The van der Waals surface area contributed by atoms with E-state index in [0.717, 1.165) is 0 Å². The Morgan fingerprint density at radius 3 is 2.40 bits per heavy atom.